The third-order valence-corrected chi connectivity index (χ3v) is 4.95. The Kier molecular flexibility index (Phi) is 4.62. The largest absolute Gasteiger partial charge is 0.487 e. The van der Waals surface area contributed by atoms with Gasteiger partial charge in [0.15, 0.2) is 11.6 Å². The van der Waals surface area contributed by atoms with E-state index in [0.717, 1.165) is 42.7 Å². The summed E-state index contributed by atoms with van der Waals surface area (Å²) in [6, 6.07) is 3.84. The van der Waals surface area contributed by atoms with Crippen molar-refractivity contribution < 1.29 is 9.13 Å². The summed E-state index contributed by atoms with van der Waals surface area (Å²) in [4.78, 5) is 0. The van der Waals surface area contributed by atoms with Crippen LogP contribution in [0, 0.1) is 18.7 Å². The van der Waals surface area contributed by atoms with Crippen LogP contribution in [0.5, 0.6) is 5.75 Å². The molecule has 0 heterocycles. The topological polar surface area (TPSA) is 9.23 Å². The molecule has 0 spiro atoms. The number of allylic oxidation sites excluding steroid dienone is 2. The zero-order valence-electron chi connectivity index (χ0n) is 12.9. The lowest BCUT2D eigenvalue weighted by molar-refractivity contribution is 0.115. The molecule has 2 fully saturated rings. The van der Waals surface area contributed by atoms with Crippen LogP contribution in [-0.2, 0) is 6.42 Å². The average molecular weight is 288 g/mol. The number of aryl methyl sites for hydroxylation is 1. The van der Waals surface area contributed by atoms with Crippen LogP contribution in [0.2, 0.25) is 0 Å². The molecule has 1 nitrogen and oxygen atoms in total. The molecule has 1 aromatic carbocycles. The number of halogens is 1. The van der Waals surface area contributed by atoms with Crippen molar-refractivity contribution in [3.8, 4) is 5.75 Å². The molecule has 21 heavy (non-hydrogen) atoms. The van der Waals surface area contributed by atoms with Gasteiger partial charge in [0, 0.05) is 0 Å². The van der Waals surface area contributed by atoms with Crippen molar-refractivity contribution in [3.63, 3.8) is 0 Å². The van der Waals surface area contributed by atoms with Crippen LogP contribution in [0.3, 0.4) is 0 Å². The van der Waals surface area contributed by atoms with Gasteiger partial charge >= 0.3 is 0 Å². The smallest absolute Gasteiger partial charge is 0.168 e. The Hall–Kier alpha value is -1.31. The van der Waals surface area contributed by atoms with Gasteiger partial charge in [0.05, 0.1) is 6.10 Å². The first kappa shape index (κ1) is 14.6. The third kappa shape index (κ3) is 3.48. The molecule has 3 rings (SSSR count). The minimum atomic E-state index is -0.164. The molecule has 0 saturated heterocycles. The molecule has 0 aromatic heterocycles. The molecule has 2 saturated carbocycles. The first-order valence-electron chi connectivity index (χ1n) is 8.35. The number of rotatable bonds is 6. The van der Waals surface area contributed by atoms with Crippen LogP contribution in [0.1, 0.15) is 56.1 Å². The Balaban J connectivity index is 1.57. The monoisotopic (exact) mass is 288 g/mol. The highest BCUT2D eigenvalue weighted by atomic mass is 19.1. The van der Waals surface area contributed by atoms with E-state index < -0.39 is 0 Å². The number of ether oxygens (including phenoxy) is 1. The zero-order chi connectivity index (χ0) is 14.7. The van der Waals surface area contributed by atoms with Crippen LogP contribution in [0.25, 0.3) is 0 Å². The van der Waals surface area contributed by atoms with Crippen molar-refractivity contribution in [1.29, 1.82) is 0 Å². The highest BCUT2D eigenvalue weighted by Crippen LogP contribution is 2.30. The van der Waals surface area contributed by atoms with Gasteiger partial charge in [0.1, 0.15) is 0 Å². The van der Waals surface area contributed by atoms with Crippen LogP contribution < -0.4 is 4.74 Å². The fourth-order valence-corrected chi connectivity index (χ4v) is 2.89. The van der Waals surface area contributed by atoms with Crippen molar-refractivity contribution in [2.24, 2.45) is 5.92 Å². The molecule has 1 aromatic rings. The third-order valence-electron chi connectivity index (χ3n) is 4.95. The van der Waals surface area contributed by atoms with Gasteiger partial charge in [0.2, 0.25) is 0 Å². The summed E-state index contributed by atoms with van der Waals surface area (Å²) in [5.41, 5.74) is 1.86. The molecule has 0 radical (unpaired) electrons. The second-order valence-corrected chi connectivity index (χ2v) is 6.49. The molecule has 0 atom stereocenters. The molecule has 0 N–H and O–H groups in total. The minimum Gasteiger partial charge on any atom is -0.487 e. The fraction of sp³-hybridized carbons (Fsp3) is 0.579. The van der Waals surface area contributed by atoms with Gasteiger partial charge in [-0.2, -0.15) is 0 Å². The lowest BCUT2D eigenvalue weighted by atomic mass is 9.85. The van der Waals surface area contributed by atoms with E-state index in [4.69, 9.17) is 4.74 Å². The second-order valence-electron chi connectivity index (χ2n) is 6.49. The summed E-state index contributed by atoms with van der Waals surface area (Å²) >= 11 is 0. The molecule has 0 amide bonds. The predicted molar refractivity (Wildman–Crippen MR) is 84.2 cm³/mol. The van der Waals surface area contributed by atoms with E-state index in [2.05, 4.69) is 12.2 Å². The second kappa shape index (κ2) is 6.64. The molecule has 2 heteroatoms. The van der Waals surface area contributed by atoms with Gasteiger partial charge in [-0.05, 0) is 75.0 Å². The first-order valence-corrected chi connectivity index (χ1v) is 8.35. The van der Waals surface area contributed by atoms with Crippen molar-refractivity contribution in [3.05, 3.63) is 41.2 Å². The molecule has 0 unspecified atom stereocenters. The maximum Gasteiger partial charge on any atom is 0.168 e. The molecule has 2 aliphatic rings. The normalized spacial score (nSPS) is 19.5. The highest BCUT2D eigenvalue weighted by Gasteiger charge is 2.21. The Bertz CT molecular complexity index is 513. The summed E-state index contributed by atoms with van der Waals surface area (Å²) in [7, 11) is 0. The van der Waals surface area contributed by atoms with Crippen molar-refractivity contribution in [1.82, 2.24) is 0 Å². The van der Waals surface area contributed by atoms with E-state index in [-0.39, 0.29) is 11.9 Å². The van der Waals surface area contributed by atoms with Crippen LogP contribution in [-0.4, -0.2) is 6.10 Å². The maximum absolute atomic E-state index is 14.3. The molecule has 0 bridgehead atoms. The molecular formula is C19H25FO. The van der Waals surface area contributed by atoms with E-state index >= 15 is 0 Å². The summed E-state index contributed by atoms with van der Waals surface area (Å²) in [5, 5.41) is 0. The van der Waals surface area contributed by atoms with Gasteiger partial charge < -0.3 is 4.74 Å². The average Bonchev–Trinajstić information content (AvgIpc) is 2.38. The van der Waals surface area contributed by atoms with Gasteiger partial charge in [-0.15, -0.1) is 0 Å². The van der Waals surface area contributed by atoms with Crippen molar-refractivity contribution >= 4 is 0 Å². The molecule has 114 valence electrons. The van der Waals surface area contributed by atoms with Crippen LogP contribution >= 0.6 is 0 Å². The number of benzene rings is 1. The lowest BCUT2D eigenvalue weighted by Gasteiger charge is -2.27. The molecule has 2 aliphatic carbocycles. The zero-order valence-corrected chi connectivity index (χ0v) is 12.9. The standard InChI is InChI=1S/C19H25FO/c1-14-16(9-3-2-6-15-7-4-8-15)12-13-18(19(14)20)21-17-10-5-11-17/h2,6,12-13,15,17H,3-5,7-11H2,1H3/b6-2+. The summed E-state index contributed by atoms with van der Waals surface area (Å²) in [5.74, 6) is 1.08. The van der Waals surface area contributed by atoms with E-state index in [1.807, 2.05) is 19.1 Å². The van der Waals surface area contributed by atoms with Gasteiger partial charge in [-0.3, -0.25) is 0 Å². The quantitative estimate of drug-likeness (QED) is 0.641. The Labute approximate surface area is 127 Å². The SMILES string of the molecule is Cc1c(CC/C=C/C2CCC2)ccc(OC2CCC2)c1F. The van der Waals surface area contributed by atoms with E-state index in [1.165, 1.54) is 25.7 Å². The predicted octanol–water partition coefficient (Wildman–Crippen LogP) is 5.35. The summed E-state index contributed by atoms with van der Waals surface area (Å²) in [6.45, 7) is 1.87. The first-order chi connectivity index (χ1) is 10.2. The van der Waals surface area contributed by atoms with Gasteiger partial charge in [-0.25, -0.2) is 4.39 Å². The fourth-order valence-electron chi connectivity index (χ4n) is 2.89. The molecule has 0 aliphatic heterocycles. The summed E-state index contributed by atoms with van der Waals surface area (Å²) < 4.78 is 20.0. The highest BCUT2D eigenvalue weighted by molar-refractivity contribution is 5.37. The van der Waals surface area contributed by atoms with Crippen molar-refractivity contribution in [2.45, 2.75) is 64.4 Å². The Morgan fingerprint density at radius 2 is 1.95 bits per heavy atom. The van der Waals surface area contributed by atoms with Crippen LogP contribution in [0.4, 0.5) is 4.39 Å². The van der Waals surface area contributed by atoms with Crippen LogP contribution in [0.15, 0.2) is 24.3 Å². The Morgan fingerprint density at radius 3 is 2.57 bits per heavy atom. The van der Waals surface area contributed by atoms with E-state index in [1.54, 1.807) is 0 Å². The number of hydrogen-bond donors (Lipinski definition) is 0. The van der Waals surface area contributed by atoms with E-state index in [9.17, 15) is 4.39 Å². The van der Waals surface area contributed by atoms with E-state index in [0.29, 0.717) is 5.75 Å². The minimum absolute atomic E-state index is 0.164. The Morgan fingerprint density at radius 1 is 1.19 bits per heavy atom. The van der Waals surface area contributed by atoms with Gasteiger partial charge in [0.25, 0.3) is 0 Å². The number of hydrogen-bond acceptors (Lipinski definition) is 1. The maximum atomic E-state index is 14.3. The lowest BCUT2D eigenvalue weighted by Crippen LogP contribution is -2.25. The van der Waals surface area contributed by atoms with Gasteiger partial charge in [-0.1, -0.05) is 24.6 Å². The summed E-state index contributed by atoms with van der Waals surface area (Å²) in [6.07, 6.45) is 14.1. The molecular weight excluding hydrogens is 263 g/mol. The van der Waals surface area contributed by atoms with Crippen molar-refractivity contribution in [2.75, 3.05) is 0 Å².